The molecule has 4 amide bonds. The number of carboxylic acid groups (broad SMARTS) is 1. The molecular formula is C12H17N3O5. The van der Waals surface area contributed by atoms with Crippen LogP contribution in [-0.4, -0.2) is 41.0 Å². The second-order valence-corrected chi connectivity index (χ2v) is 5.16. The molecule has 1 aliphatic carbocycles. The lowest BCUT2D eigenvalue weighted by Crippen LogP contribution is -2.55. The van der Waals surface area contributed by atoms with Crippen LogP contribution in [0.4, 0.5) is 4.79 Å². The van der Waals surface area contributed by atoms with Crippen LogP contribution >= 0.6 is 0 Å². The van der Waals surface area contributed by atoms with E-state index in [1.54, 1.807) is 0 Å². The van der Waals surface area contributed by atoms with E-state index in [9.17, 15) is 19.2 Å². The lowest BCUT2D eigenvalue weighted by molar-refractivity contribution is -0.138. The molecule has 8 nitrogen and oxygen atoms in total. The van der Waals surface area contributed by atoms with Gasteiger partial charge < -0.3 is 15.7 Å². The number of amides is 4. The van der Waals surface area contributed by atoms with Gasteiger partial charge in [-0.1, -0.05) is 0 Å². The minimum atomic E-state index is -0.969. The quantitative estimate of drug-likeness (QED) is 0.499. The Morgan fingerprint density at radius 3 is 2.55 bits per heavy atom. The maximum absolute atomic E-state index is 11.8. The minimum Gasteiger partial charge on any atom is -0.481 e. The van der Waals surface area contributed by atoms with Crippen molar-refractivity contribution in [1.82, 2.24) is 16.0 Å². The smallest absolute Gasteiger partial charge is 0.315 e. The Morgan fingerprint density at radius 2 is 2.00 bits per heavy atom. The first-order valence-electron chi connectivity index (χ1n) is 6.58. The molecule has 2 atom stereocenters. The van der Waals surface area contributed by atoms with Crippen LogP contribution in [0.25, 0.3) is 0 Å². The Morgan fingerprint density at radius 1 is 1.30 bits per heavy atom. The lowest BCUT2D eigenvalue weighted by Gasteiger charge is -2.23. The van der Waals surface area contributed by atoms with E-state index in [0.29, 0.717) is 0 Å². The van der Waals surface area contributed by atoms with Crippen molar-refractivity contribution < 1.29 is 24.3 Å². The summed E-state index contributed by atoms with van der Waals surface area (Å²) < 4.78 is 0. The highest BCUT2D eigenvalue weighted by Crippen LogP contribution is 2.33. The Labute approximate surface area is 115 Å². The molecule has 1 heterocycles. The highest BCUT2D eigenvalue weighted by molar-refractivity contribution is 6.01. The van der Waals surface area contributed by atoms with Gasteiger partial charge in [0.1, 0.15) is 6.04 Å². The number of rotatable bonds is 5. The standard InChI is InChI=1S/C12H17N3O5/c16-9-4-3-7(11(19)15-9)13-12(20)14-8(5-10(17)18)6-1-2-6/h6-8H,1-5H2,(H,17,18)(H2,13,14,20)(H,15,16,19). The van der Waals surface area contributed by atoms with E-state index in [1.807, 2.05) is 0 Å². The highest BCUT2D eigenvalue weighted by atomic mass is 16.4. The second-order valence-electron chi connectivity index (χ2n) is 5.16. The van der Waals surface area contributed by atoms with E-state index in [0.717, 1.165) is 12.8 Å². The van der Waals surface area contributed by atoms with Gasteiger partial charge in [-0.15, -0.1) is 0 Å². The summed E-state index contributed by atoms with van der Waals surface area (Å²) in [5.41, 5.74) is 0. The molecule has 2 rings (SSSR count). The number of aliphatic carboxylic acids is 1. The predicted molar refractivity (Wildman–Crippen MR) is 66.6 cm³/mol. The van der Waals surface area contributed by atoms with Crippen molar-refractivity contribution in [3.8, 4) is 0 Å². The maximum Gasteiger partial charge on any atom is 0.315 e. The molecule has 8 heteroatoms. The third-order valence-electron chi connectivity index (χ3n) is 3.45. The van der Waals surface area contributed by atoms with Crippen molar-refractivity contribution in [2.45, 2.75) is 44.2 Å². The van der Waals surface area contributed by atoms with Crippen LogP contribution in [-0.2, 0) is 14.4 Å². The fourth-order valence-corrected chi connectivity index (χ4v) is 2.22. The number of carbonyl (C=O) groups excluding carboxylic acids is 3. The van der Waals surface area contributed by atoms with E-state index in [4.69, 9.17) is 5.11 Å². The SMILES string of the molecule is O=C(O)CC(NC(=O)NC1CCC(=O)NC1=O)C1CC1. The minimum absolute atomic E-state index is 0.132. The fourth-order valence-electron chi connectivity index (χ4n) is 2.22. The van der Waals surface area contributed by atoms with Gasteiger partial charge in [0.2, 0.25) is 11.8 Å². The zero-order valence-corrected chi connectivity index (χ0v) is 10.8. The van der Waals surface area contributed by atoms with Gasteiger partial charge in [-0.25, -0.2) is 4.79 Å². The summed E-state index contributed by atoms with van der Waals surface area (Å²) in [4.78, 5) is 45.0. The Balaban J connectivity index is 1.83. The van der Waals surface area contributed by atoms with E-state index in [2.05, 4.69) is 16.0 Å². The summed E-state index contributed by atoms with van der Waals surface area (Å²) in [7, 11) is 0. The second kappa shape index (κ2) is 5.89. The number of imide groups is 1. The Bertz CT molecular complexity index is 446. The van der Waals surface area contributed by atoms with E-state index < -0.39 is 30.0 Å². The number of hydrogen-bond donors (Lipinski definition) is 4. The first kappa shape index (κ1) is 14.3. The molecule has 0 radical (unpaired) electrons. The monoisotopic (exact) mass is 283 g/mol. The van der Waals surface area contributed by atoms with Crippen LogP contribution in [0.2, 0.25) is 0 Å². The van der Waals surface area contributed by atoms with Crippen molar-refractivity contribution in [3.63, 3.8) is 0 Å². The molecule has 110 valence electrons. The molecule has 20 heavy (non-hydrogen) atoms. The van der Waals surface area contributed by atoms with Gasteiger partial charge in [0.05, 0.1) is 6.42 Å². The average Bonchev–Trinajstić information content (AvgIpc) is 3.15. The van der Waals surface area contributed by atoms with Gasteiger partial charge in [0.15, 0.2) is 0 Å². The average molecular weight is 283 g/mol. The van der Waals surface area contributed by atoms with Crippen LogP contribution in [0.15, 0.2) is 0 Å². The van der Waals surface area contributed by atoms with E-state index in [1.165, 1.54) is 0 Å². The molecule has 0 spiro atoms. The number of urea groups is 1. The van der Waals surface area contributed by atoms with Crippen molar-refractivity contribution in [2.24, 2.45) is 5.92 Å². The van der Waals surface area contributed by atoms with E-state index in [-0.39, 0.29) is 31.1 Å². The molecule has 4 N–H and O–H groups in total. The normalized spacial score (nSPS) is 23.7. The van der Waals surface area contributed by atoms with Gasteiger partial charge in [-0.2, -0.15) is 0 Å². The zero-order valence-electron chi connectivity index (χ0n) is 10.8. The van der Waals surface area contributed by atoms with Crippen molar-refractivity contribution in [2.75, 3.05) is 0 Å². The first-order valence-corrected chi connectivity index (χ1v) is 6.58. The van der Waals surface area contributed by atoms with Gasteiger partial charge in [0.25, 0.3) is 0 Å². The zero-order chi connectivity index (χ0) is 14.7. The van der Waals surface area contributed by atoms with Crippen molar-refractivity contribution >= 4 is 23.8 Å². The summed E-state index contributed by atoms with van der Waals surface area (Å²) in [6, 6.07) is -1.74. The number of carbonyl (C=O) groups is 4. The van der Waals surface area contributed by atoms with Crippen LogP contribution < -0.4 is 16.0 Å². The number of nitrogens with one attached hydrogen (secondary N) is 3. The van der Waals surface area contributed by atoms with Crippen LogP contribution in [0.3, 0.4) is 0 Å². The summed E-state index contributed by atoms with van der Waals surface area (Å²) in [6.07, 6.45) is 2.10. The molecule has 2 unspecified atom stereocenters. The molecule has 0 bridgehead atoms. The number of carboxylic acids is 1. The number of piperidine rings is 1. The van der Waals surface area contributed by atoms with Gasteiger partial charge >= 0.3 is 12.0 Å². The Hall–Kier alpha value is -2.12. The Kier molecular flexibility index (Phi) is 4.21. The van der Waals surface area contributed by atoms with Gasteiger partial charge in [-0.05, 0) is 25.2 Å². The molecule has 0 aromatic carbocycles. The molecule has 1 aliphatic heterocycles. The van der Waals surface area contributed by atoms with Crippen molar-refractivity contribution in [1.29, 1.82) is 0 Å². The summed E-state index contributed by atoms with van der Waals surface area (Å²) in [6.45, 7) is 0. The lowest BCUT2D eigenvalue weighted by atomic mass is 10.1. The molecule has 2 fully saturated rings. The molecule has 0 aromatic heterocycles. The van der Waals surface area contributed by atoms with Gasteiger partial charge in [0, 0.05) is 12.5 Å². The van der Waals surface area contributed by atoms with Gasteiger partial charge in [-0.3, -0.25) is 19.7 Å². The van der Waals surface area contributed by atoms with Crippen LogP contribution in [0.5, 0.6) is 0 Å². The van der Waals surface area contributed by atoms with Crippen LogP contribution in [0.1, 0.15) is 32.1 Å². The topological polar surface area (TPSA) is 125 Å². The maximum atomic E-state index is 11.8. The molecule has 2 aliphatic rings. The predicted octanol–water partition coefficient (Wildman–Crippen LogP) is -0.656. The molecular weight excluding hydrogens is 266 g/mol. The summed E-state index contributed by atoms with van der Waals surface area (Å²) in [5, 5.41) is 16.0. The third kappa shape index (κ3) is 3.94. The van der Waals surface area contributed by atoms with Crippen LogP contribution in [0, 0.1) is 5.92 Å². The van der Waals surface area contributed by atoms with Crippen molar-refractivity contribution in [3.05, 3.63) is 0 Å². The summed E-state index contributed by atoms with van der Waals surface area (Å²) in [5.74, 6) is -1.66. The highest BCUT2D eigenvalue weighted by Gasteiger charge is 2.35. The molecule has 1 saturated carbocycles. The first-order chi connectivity index (χ1) is 9.45. The fraction of sp³-hybridized carbons (Fsp3) is 0.667. The largest absolute Gasteiger partial charge is 0.481 e. The summed E-state index contributed by atoms with van der Waals surface area (Å²) >= 11 is 0. The third-order valence-corrected chi connectivity index (χ3v) is 3.45. The van der Waals surface area contributed by atoms with E-state index >= 15 is 0 Å². The number of hydrogen-bond acceptors (Lipinski definition) is 4. The molecule has 1 saturated heterocycles. The molecule has 0 aromatic rings.